The molecular formula is C20H30O3. The van der Waals surface area contributed by atoms with E-state index in [1.54, 1.807) is 13.0 Å². The molecule has 4 atom stereocenters. The molecule has 128 valence electrons. The van der Waals surface area contributed by atoms with Gasteiger partial charge in [0.25, 0.3) is 0 Å². The molecule has 0 radical (unpaired) electrons. The second kappa shape index (κ2) is 6.37. The Kier molecular flexibility index (Phi) is 5.03. The minimum absolute atomic E-state index is 0.151. The van der Waals surface area contributed by atoms with Crippen LogP contribution in [0.4, 0.5) is 0 Å². The first-order chi connectivity index (χ1) is 10.5. The van der Waals surface area contributed by atoms with Crippen LogP contribution < -0.4 is 0 Å². The lowest BCUT2D eigenvalue weighted by Gasteiger charge is -2.19. The molecule has 0 bridgehead atoms. The van der Waals surface area contributed by atoms with Crippen LogP contribution in [0.25, 0.3) is 0 Å². The Balaban J connectivity index is 2.30. The number of carbonyl (C=O) groups is 1. The number of Topliss-reactive ketones (excluding diaryl/α,β-unsaturated/α-hetero) is 1. The van der Waals surface area contributed by atoms with Crippen LogP contribution in [0.5, 0.6) is 0 Å². The molecule has 23 heavy (non-hydrogen) atoms. The van der Waals surface area contributed by atoms with Crippen LogP contribution in [0.3, 0.4) is 0 Å². The topological polar surface area (TPSA) is 57.5 Å². The Hall–Kier alpha value is -1.19. The van der Waals surface area contributed by atoms with Crippen molar-refractivity contribution in [3.8, 4) is 0 Å². The molecule has 1 fully saturated rings. The average Bonchev–Trinajstić information content (AvgIpc) is 2.94. The van der Waals surface area contributed by atoms with Crippen LogP contribution in [0.1, 0.15) is 53.9 Å². The summed E-state index contributed by atoms with van der Waals surface area (Å²) in [6, 6.07) is 0. The van der Waals surface area contributed by atoms with Crippen LogP contribution in [-0.2, 0) is 4.79 Å². The van der Waals surface area contributed by atoms with Crippen molar-refractivity contribution in [2.24, 2.45) is 17.3 Å². The monoisotopic (exact) mass is 318 g/mol. The number of ketones is 1. The van der Waals surface area contributed by atoms with Gasteiger partial charge in [0, 0.05) is 0 Å². The molecule has 0 aliphatic heterocycles. The number of fused-ring (bicyclic) bond motifs is 1. The molecule has 0 saturated heterocycles. The lowest BCUT2D eigenvalue weighted by molar-refractivity contribution is -0.121. The summed E-state index contributed by atoms with van der Waals surface area (Å²) >= 11 is 0. The molecule has 3 heteroatoms. The van der Waals surface area contributed by atoms with Crippen molar-refractivity contribution in [3.05, 3.63) is 35.5 Å². The maximum atomic E-state index is 12.3. The van der Waals surface area contributed by atoms with Crippen LogP contribution in [0.15, 0.2) is 35.5 Å². The fourth-order valence-electron chi connectivity index (χ4n) is 3.70. The van der Waals surface area contributed by atoms with E-state index in [4.69, 9.17) is 0 Å². The van der Waals surface area contributed by atoms with Gasteiger partial charge < -0.3 is 10.2 Å². The van der Waals surface area contributed by atoms with E-state index in [2.05, 4.69) is 13.8 Å². The van der Waals surface area contributed by atoms with Gasteiger partial charge in [-0.25, -0.2) is 0 Å². The van der Waals surface area contributed by atoms with Gasteiger partial charge in [0.1, 0.15) is 6.10 Å². The van der Waals surface area contributed by atoms with Crippen LogP contribution in [-0.4, -0.2) is 27.7 Å². The average molecular weight is 318 g/mol. The van der Waals surface area contributed by atoms with E-state index >= 15 is 0 Å². The highest BCUT2D eigenvalue weighted by Gasteiger charge is 2.55. The summed E-state index contributed by atoms with van der Waals surface area (Å²) in [5.41, 5.74) is 0.910. The molecule has 0 unspecified atom stereocenters. The summed E-state index contributed by atoms with van der Waals surface area (Å²) in [7, 11) is 0. The number of rotatable bonds is 0. The van der Waals surface area contributed by atoms with E-state index in [9.17, 15) is 15.0 Å². The summed E-state index contributed by atoms with van der Waals surface area (Å²) in [6.07, 6.45) is 8.60. The van der Waals surface area contributed by atoms with E-state index in [1.165, 1.54) is 0 Å². The molecule has 2 aliphatic rings. The highest BCUT2D eigenvalue weighted by Crippen LogP contribution is 2.61. The predicted molar refractivity (Wildman–Crippen MR) is 92.9 cm³/mol. The molecule has 2 aliphatic carbocycles. The number of allylic oxidation sites excluding steroid dienone is 3. The number of aliphatic hydroxyl groups excluding tert-OH is 1. The predicted octanol–water partition coefficient (Wildman–Crippen LogP) is 3.57. The smallest absolute Gasteiger partial charge is 0.190 e. The molecule has 0 aromatic heterocycles. The maximum absolute atomic E-state index is 12.3. The highest BCUT2D eigenvalue weighted by molar-refractivity contribution is 5.99. The van der Waals surface area contributed by atoms with Crippen molar-refractivity contribution in [1.29, 1.82) is 0 Å². The molecular weight excluding hydrogens is 288 g/mol. The Morgan fingerprint density at radius 2 is 1.83 bits per heavy atom. The molecule has 2 rings (SSSR count). The van der Waals surface area contributed by atoms with Gasteiger partial charge in [0.2, 0.25) is 0 Å². The maximum Gasteiger partial charge on any atom is 0.190 e. The van der Waals surface area contributed by atoms with Crippen LogP contribution >= 0.6 is 0 Å². The Morgan fingerprint density at radius 1 is 1.17 bits per heavy atom. The summed E-state index contributed by atoms with van der Waals surface area (Å²) in [6.45, 7) is 9.94. The molecule has 1 saturated carbocycles. The molecule has 0 aromatic carbocycles. The second-order valence-corrected chi connectivity index (χ2v) is 8.13. The SMILES string of the molecule is C/C1=C\[C@H](O)C(=O)/C(C)=C/[C@H]2[C@@H](CC[C@](C)(O)/C=C/C1)C2(C)C. The largest absolute Gasteiger partial charge is 0.386 e. The standard InChI is InChI=1S/C20H30O3/c1-13-7-6-9-20(5,23)10-8-15-16(19(15,3)4)12-14(2)18(22)17(21)11-13/h6,9,11-12,15-17,21,23H,7-8,10H2,1-5H3/b9-6+,13-11+,14-12+/t15-,16+,17+,20-/m1/s1. The quantitative estimate of drug-likeness (QED) is 0.671. The molecule has 0 heterocycles. The fourth-order valence-corrected chi connectivity index (χ4v) is 3.70. The molecule has 0 aromatic rings. The van der Waals surface area contributed by atoms with E-state index in [0.29, 0.717) is 23.8 Å². The van der Waals surface area contributed by atoms with Crippen LogP contribution in [0.2, 0.25) is 0 Å². The van der Waals surface area contributed by atoms with Gasteiger partial charge in [-0.05, 0) is 68.9 Å². The lowest BCUT2D eigenvalue weighted by atomic mass is 9.94. The van der Waals surface area contributed by atoms with Crippen molar-refractivity contribution in [3.63, 3.8) is 0 Å². The second-order valence-electron chi connectivity index (χ2n) is 8.13. The third-order valence-corrected chi connectivity index (χ3v) is 5.55. The van der Waals surface area contributed by atoms with Crippen molar-refractivity contribution in [2.75, 3.05) is 0 Å². The zero-order valence-electron chi connectivity index (χ0n) is 15.0. The van der Waals surface area contributed by atoms with Crippen molar-refractivity contribution >= 4 is 5.78 Å². The summed E-state index contributed by atoms with van der Waals surface area (Å²) in [5.74, 6) is 0.604. The van der Waals surface area contributed by atoms with Crippen molar-refractivity contribution in [1.82, 2.24) is 0 Å². The van der Waals surface area contributed by atoms with Gasteiger partial charge >= 0.3 is 0 Å². The van der Waals surface area contributed by atoms with Crippen molar-refractivity contribution in [2.45, 2.75) is 65.6 Å². The number of hydrogen-bond acceptors (Lipinski definition) is 3. The van der Waals surface area contributed by atoms with Crippen molar-refractivity contribution < 1.29 is 15.0 Å². The minimum Gasteiger partial charge on any atom is -0.386 e. The first-order valence-electron chi connectivity index (χ1n) is 8.52. The lowest BCUT2D eigenvalue weighted by Crippen LogP contribution is -2.21. The molecule has 0 spiro atoms. The number of aliphatic hydroxyl groups is 2. The zero-order chi connectivity index (χ0) is 17.4. The van der Waals surface area contributed by atoms with Gasteiger partial charge in [-0.15, -0.1) is 0 Å². The molecule has 2 N–H and O–H groups in total. The normalized spacial score (nSPS) is 44.1. The van der Waals surface area contributed by atoms with Gasteiger partial charge in [0.15, 0.2) is 5.78 Å². The third-order valence-electron chi connectivity index (χ3n) is 5.55. The Morgan fingerprint density at radius 3 is 2.48 bits per heavy atom. The first-order valence-corrected chi connectivity index (χ1v) is 8.52. The summed E-state index contributed by atoms with van der Waals surface area (Å²) in [4.78, 5) is 12.3. The minimum atomic E-state index is -1.08. The third kappa shape index (κ3) is 4.21. The zero-order valence-corrected chi connectivity index (χ0v) is 15.0. The number of carbonyl (C=O) groups excluding carboxylic acids is 1. The fraction of sp³-hybridized carbons (Fsp3) is 0.650. The van der Waals surface area contributed by atoms with Crippen LogP contribution in [0, 0.1) is 17.3 Å². The summed E-state index contributed by atoms with van der Waals surface area (Å²) in [5, 5.41) is 20.6. The first kappa shape index (κ1) is 18.2. The Labute approximate surface area is 139 Å². The van der Waals surface area contributed by atoms with Gasteiger partial charge in [-0.2, -0.15) is 0 Å². The molecule has 0 amide bonds. The van der Waals surface area contributed by atoms with E-state index < -0.39 is 11.7 Å². The highest BCUT2D eigenvalue weighted by atomic mass is 16.3. The summed E-state index contributed by atoms with van der Waals surface area (Å²) < 4.78 is 0. The number of hydrogen-bond donors (Lipinski definition) is 2. The van der Waals surface area contributed by atoms with Gasteiger partial charge in [-0.1, -0.05) is 37.6 Å². The van der Waals surface area contributed by atoms with E-state index in [0.717, 1.165) is 18.4 Å². The van der Waals surface area contributed by atoms with E-state index in [-0.39, 0.29) is 11.2 Å². The van der Waals surface area contributed by atoms with Gasteiger partial charge in [-0.3, -0.25) is 4.79 Å². The van der Waals surface area contributed by atoms with E-state index in [1.807, 2.05) is 32.1 Å². The molecule has 3 nitrogen and oxygen atoms in total. The Bertz CT molecular complexity index is 563. The van der Waals surface area contributed by atoms with Gasteiger partial charge in [0.05, 0.1) is 5.60 Å².